The van der Waals surface area contributed by atoms with Gasteiger partial charge in [0.05, 0.1) is 12.6 Å². The van der Waals surface area contributed by atoms with Gasteiger partial charge in [0, 0.05) is 22.6 Å². The van der Waals surface area contributed by atoms with Crippen molar-refractivity contribution in [1.29, 1.82) is 0 Å². The van der Waals surface area contributed by atoms with Crippen LogP contribution in [0.15, 0.2) is 42.0 Å². The number of carbonyl (C=O) groups excluding carboxylic acids is 1. The highest BCUT2D eigenvalue weighted by atomic mass is 16.6. The molecule has 0 radical (unpaired) electrons. The van der Waals surface area contributed by atoms with Gasteiger partial charge in [0.25, 0.3) is 0 Å². The van der Waals surface area contributed by atoms with Crippen LogP contribution in [0.25, 0.3) is 0 Å². The number of benzene rings is 1. The Morgan fingerprint density at radius 1 is 1.16 bits per heavy atom. The van der Waals surface area contributed by atoms with Gasteiger partial charge in [-0.2, -0.15) is 0 Å². The van der Waals surface area contributed by atoms with Gasteiger partial charge in [-0.25, -0.2) is 0 Å². The van der Waals surface area contributed by atoms with Gasteiger partial charge in [-0.05, 0) is 12.0 Å². The van der Waals surface area contributed by atoms with E-state index in [1.807, 2.05) is 30.3 Å². The molecular formula is C19H17NO5. The zero-order chi connectivity index (χ0) is 17.3. The Kier molecular flexibility index (Phi) is 2.93. The third-order valence-corrected chi connectivity index (χ3v) is 5.45. The predicted molar refractivity (Wildman–Crippen MR) is 87.5 cm³/mol. The number of aliphatic hydroxyl groups excluding tert-OH is 1. The molecule has 2 fully saturated rings. The van der Waals surface area contributed by atoms with Gasteiger partial charge >= 0.3 is 0 Å². The van der Waals surface area contributed by atoms with Crippen LogP contribution in [0.5, 0.6) is 11.8 Å². The molecule has 0 spiro atoms. The minimum absolute atomic E-state index is 0.0230. The average molecular weight is 339 g/mol. The molecule has 128 valence electrons. The lowest BCUT2D eigenvalue weighted by atomic mass is 9.73. The standard InChI is InChI=1S/C19H17NO5/c21-14-10-6-7-11-13(12(10)15(22)17-16(14)25-17)19(24)20(18(11)23)8-9-4-2-1-3-5-9/h1-6,12,15-17,22-24H,7-8H2/t12-,15-,16+,17-/m0/s1. The Hall–Kier alpha value is -2.57. The number of allylic oxidation sites excluding steroid dienone is 1. The van der Waals surface area contributed by atoms with Crippen molar-refractivity contribution >= 4 is 5.78 Å². The first-order valence-electron chi connectivity index (χ1n) is 8.33. The van der Waals surface area contributed by atoms with Crippen LogP contribution in [-0.2, 0) is 22.5 Å². The molecule has 1 aliphatic heterocycles. The highest BCUT2D eigenvalue weighted by Gasteiger charge is 2.60. The summed E-state index contributed by atoms with van der Waals surface area (Å²) in [6.45, 7) is 0.306. The Balaban J connectivity index is 1.61. The first-order valence-corrected chi connectivity index (χ1v) is 8.33. The van der Waals surface area contributed by atoms with Crippen molar-refractivity contribution < 1.29 is 24.9 Å². The van der Waals surface area contributed by atoms with Crippen LogP contribution >= 0.6 is 0 Å². The van der Waals surface area contributed by atoms with Crippen LogP contribution in [0.4, 0.5) is 0 Å². The lowest BCUT2D eigenvalue weighted by Crippen LogP contribution is -2.38. The van der Waals surface area contributed by atoms with E-state index in [1.165, 1.54) is 4.57 Å². The predicted octanol–water partition coefficient (Wildman–Crippen LogP) is 1.22. The van der Waals surface area contributed by atoms with E-state index in [4.69, 9.17) is 4.74 Å². The summed E-state index contributed by atoms with van der Waals surface area (Å²) < 4.78 is 6.71. The summed E-state index contributed by atoms with van der Waals surface area (Å²) in [7, 11) is 0. The highest BCUT2D eigenvalue weighted by Crippen LogP contribution is 2.52. The second kappa shape index (κ2) is 4.97. The average Bonchev–Trinajstić information content (AvgIpc) is 3.40. The number of nitrogens with zero attached hydrogens (tertiary/aromatic N) is 1. The summed E-state index contributed by atoms with van der Waals surface area (Å²) in [4.78, 5) is 12.4. The molecule has 6 heteroatoms. The molecule has 5 rings (SSSR count). The van der Waals surface area contributed by atoms with Crippen molar-refractivity contribution in [2.24, 2.45) is 0 Å². The molecule has 3 N–H and O–H groups in total. The maximum absolute atomic E-state index is 12.4. The number of ketones is 1. The van der Waals surface area contributed by atoms with Gasteiger partial charge in [-0.1, -0.05) is 36.4 Å². The van der Waals surface area contributed by atoms with Crippen molar-refractivity contribution in [1.82, 2.24) is 4.57 Å². The lowest BCUT2D eigenvalue weighted by Gasteiger charge is -2.30. The van der Waals surface area contributed by atoms with Crippen LogP contribution in [0.3, 0.4) is 0 Å². The largest absolute Gasteiger partial charge is 0.494 e. The number of fused-ring (bicyclic) bond motifs is 4. The SMILES string of the molecule is O=C1C2=CCc3c(c(O)n(Cc4ccccc4)c3O)[C@H]2[C@H](O)[C@@H]2O[C@H]12. The fourth-order valence-electron chi connectivity index (χ4n) is 4.16. The van der Waals surface area contributed by atoms with Gasteiger partial charge in [0.15, 0.2) is 17.5 Å². The zero-order valence-electron chi connectivity index (χ0n) is 13.3. The second-order valence-corrected chi connectivity index (χ2v) is 6.83. The number of aromatic nitrogens is 1. The van der Waals surface area contributed by atoms with Gasteiger partial charge < -0.3 is 20.1 Å². The molecule has 6 nitrogen and oxygen atoms in total. The zero-order valence-corrected chi connectivity index (χ0v) is 13.3. The van der Waals surface area contributed by atoms with Gasteiger partial charge in [0.1, 0.15) is 12.2 Å². The first kappa shape index (κ1) is 14.7. The minimum Gasteiger partial charge on any atom is -0.494 e. The summed E-state index contributed by atoms with van der Waals surface area (Å²) in [5.74, 6) is -0.897. The molecule has 2 aliphatic carbocycles. The first-order chi connectivity index (χ1) is 12.1. The summed E-state index contributed by atoms with van der Waals surface area (Å²) in [6.07, 6.45) is 0.118. The number of epoxide rings is 1. The molecule has 1 saturated carbocycles. The van der Waals surface area contributed by atoms with E-state index in [9.17, 15) is 20.1 Å². The Morgan fingerprint density at radius 3 is 2.68 bits per heavy atom. The van der Waals surface area contributed by atoms with Crippen LogP contribution in [0, 0.1) is 0 Å². The maximum atomic E-state index is 12.4. The molecule has 4 atom stereocenters. The molecule has 0 amide bonds. The number of ether oxygens (including phenoxy) is 1. The third kappa shape index (κ3) is 1.95. The summed E-state index contributed by atoms with van der Waals surface area (Å²) >= 11 is 0. The van der Waals surface area contributed by atoms with Gasteiger partial charge in [-0.3, -0.25) is 9.36 Å². The number of Topliss-reactive ketones (excluding diaryl/α,β-unsaturated/α-hetero) is 1. The van der Waals surface area contributed by atoms with E-state index < -0.39 is 24.2 Å². The van der Waals surface area contributed by atoms with Crippen LogP contribution < -0.4 is 0 Å². The summed E-state index contributed by atoms with van der Waals surface area (Å²) in [6, 6.07) is 9.49. The molecule has 0 bridgehead atoms. The van der Waals surface area contributed by atoms with Crippen molar-refractivity contribution in [2.45, 2.75) is 37.2 Å². The number of rotatable bonds is 2. The van der Waals surface area contributed by atoms with Gasteiger partial charge in [0.2, 0.25) is 0 Å². The van der Waals surface area contributed by atoms with Crippen molar-refractivity contribution in [3.8, 4) is 11.8 Å². The fraction of sp³-hybridized carbons (Fsp3) is 0.316. The topological polar surface area (TPSA) is 95.2 Å². The van der Waals surface area contributed by atoms with E-state index in [2.05, 4.69) is 0 Å². The number of hydrogen-bond donors (Lipinski definition) is 3. The Bertz CT molecular complexity index is 914. The molecule has 2 heterocycles. The molecule has 1 aromatic carbocycles. The van der Waals surface area contributed by atoms with E-state index >= 15 is 0 Å². The highest BCUT2D eigenvalue weighted by molar-refractivity contribution is 6.04. The molecule has 1 aromatic heterocycles. The molecule has 25 heavy (non-hydrogen) atoms. The van der Waals surface area contributed by atoms with E-state index in [1.54, 1.807) is 6.08 Å². The van der Waals surface area contributed by atoms with E-state index in [-0.39, 0.29) is 17.5 Å². The maximum Gasteiger partial charge on any atom is 0.198 e. The smallest absolute Gasteiger partial charge is 0.198 e. The van der Waals surface area contributed by atoms with E-state index in [0.29, 0.717) is 29.7 Å². The quantitative estimate of drug-likeness (QED) is 0.715. The summed E-state index contributed by atoms with van der Waals surface area (Å²) in [5.41, 5.74) is 2.42. The molecule has 1 saturated heterocycles. The van der Waals surface area contributed by atoms with Crippen molar-refractivity contribution in [3.63, 3.8) is 0 Å². The molecule has 0 unspecified atom stereocenters. The normalized spacial score (nSPS) is 29.5. The number of carbonyl (C=O) groups is 1. The van der Waals surface area contributed by atoms with Gasteiger partial charge in [-0.15, -0.1) is 0 Å². The lowest BCUT2D eigenvalue weighted by molar-refractivity contribution is -0.117. The number of aliphatic hydroxyl groups is 1. The van der Waals surface area contributed by atoms with Crippen molar-refractivity contribution in [2.75, 3.05) is 0 Å². The van der Waals surface area contributed by atoms with Crippen LogP contribution in [0.2, 0.25) is 0 Å². The molecular weight excluding hydrogens is 322 g/mol. The summed E-state index contributed by atoms with van der Waals surface area (Å²) in [5, 5.41) is 32.0. The Labute approximate surface area is 143 Å². The molecule has 2 aromatic rings. The fourth-order valence-corrected chi connectivity index (χ4v) is 4.16. The number of aromatic hydroxyl groups is 2. The Morgan fingerprint density at radius 2 is 1.92 bits per heavy atom. The van der Waals surface area contributed by atoms with Crippen LogP contribution in [0.1, 0.15) is 22.6 Å². The third-order valence-electron chi connectivity index (χ3n) is 5.45. The minimum atomic E-state index is -0.897. The number of hydrogen-bond acceptors (Lipinski definition) is 5. The van der Waals surface area contributed by atoms with Crippen molar-refractivity contribution in [3.05, 3.63) is 58.7 Å². The van der Waals surface area contributed by atoms with E-state index in [0.717, 1.165) is 5.56 Å². The van der Waals surface area contributed by atoms with Crippen LogP contribution in [-0.4, -0.2) is 44.0 Å². The second-order valence-electron chi connectivity index (χ2n) is 6.83. The monoisotopic (exact) mass is 339 g/mol. The molecule has 3 aliphatic rings.